The molecule has 146 valence electrons. The highest BCUT2D eigenvalue weighted by molar-refractivity contribution is 7.99. The molecule has 0 atom stereocenters. The first-order valence-corrected chi connectivity index (χ1v) is 10.1. The molecule has 0 spiro atoms. The van der Waals surface area contributed by atoms with Crippen LogP contribution in [-0.2, 0) is 17.9 Å². The van der Waals surface area contributed by atoms with Crippen molar-refractivity contribution in [3.63, 3.8) is 0 Å². The first kappa shape index (κ1) is 19.9. The van der Waals surface area contributed by atoms with Gasteiger partial charge in [0.2, 0.25) is 5.91 Å². The Bertz CT molecular complexity index is 955. The highest BCUT2D eigenvalue weighted by Crippen LogP contribution is 2.26. The lowest BCUT2D eigenvalue weighted by Crippen LogP contribution is -2.25. The number of hydrogen-bond acceptors (Lipinski definition) is 5. The molecular weight excluding hydrogens is 372 g/mol. The van der Waals surface area contributed by atoms with Gasteiger partial charge in [-0.3, -0.25) is 4.79 Å². The third-order valence-electron chi connectivity index (χ3n) is 4.42. The molecule has 1 aromatic heterocycles. The second kappa shape index (κ2) is 9.41. The van der Waals surface area contributed by atoms with E-state index >= 15 is 0 Å². The summed E-state index contributed by atoms with van der Waals surface area (Å²) >= 11 is 1.39. The number of hydrogen-bond donors (Lipinski definition) is 1. The molecule has 0 saturated carbocycles. The molecule has 1 amide bonds. The SMILES string of the molecule is CCn1c(SCC(=O)NCc2ccccc2OC)nnc1-c1ccccc1C. The molecule has 0 bridgehead atoms. The number of aryl methyl sites for hydroxylation is 1. The number of carbonyl (C=O) groups is 1. The van der Waals surface area contributed by atoms with Crippen LogP contribution in [0.5, 0.6) is 5.75 Å². The van der Waals surface area contributed by atoms with Crippen LogP contribution in [0.3, 0.4) is 0 Å². The van der Waals surface area contributed by atoms with E-state index in [2.05, 4.69) is 35.4 Å². The van der Waals surface area contributed by atoms with Crippen molar-refractivity contribution in [2.24, 2.45) is 0 Å². The smallest absolute Gasteiger partial charge is 0.230 e. The van der Waals surface area contributed by atoms with E-state index in [0.29, 0.717) is 6.54 Å². The molecule has 0 aliphatic rings. The van der Waals surface area contributed by atoms with E-state index in [1.54, 1.807) is 7.11 Å². The number of nitrogens with one attached hydrogen (secondary N) is 1. The van der Waals surface area contributed by atoms with Crippen molar-refractivity contribution < 1.29 is 9.53 Å². The molecule has 1 heterocycles. The summed E-state index contributed by atoms with van der Waals surface area (Å²) in [6, 6.07) is 15.8. The molecule has 3 aromatic rings. The van der Waals surface area contributed by atoms with Gasteiger partial charge in [0.1, 0.15) is 5.75 Å². The molecule has 0 unspecified atom stereocenters. The first-order valence-electron chi connectivity index (χ1n) is 9.14. The van der Waals surface area contributed by atoms with Crippen molar-refractivity contribution >= 4 is 17.7 Å². The highest BCUT2D eigenvalue weighted by Gasteiger charge is 2.15. The highest BCUT2D eigenvalue weighted by atomic mass is 32.2. The number of para-hydroxylation sites is 1. The molecule has 6 nitrogen and oxygen atoms in total. The second-order valence-electron chi connectivity index (χ2n) is 6.24. The maximum Gasteiger partial charge on any atom is 0.230 e. The van der Waals surface area contributed by atoms with Crippen molar-refractivity contribution in [2.75, 3.05) is 12.9 Å². The second-order valence-corrected chi connectivity index (χ2v) is 7.19. The van der Waals surface area contributed by atoms with E-state index in [0.717, 1.165) is 40.0 Å². The molecule has 0 saturated heterocycles. The Morgan fingerprint density at radius 2 is 1.89 bits per heavy atom. The van der Waals surface area contributed by atoms with Gasteiger partial charge in [0, 0.05) is 24.2 Å². The largest absolute Gasteiger partial charge is 0.496 e. The van der Waals surface area contributed by atoms with Crippen LogP contribution in [0.15, 0.2) is 53.7 Å². The zero-order valence-corrected chi connectivity index (χ0v) is 17.1. The van der Waals surface area contributed by atoms with Gasteiger partial charge in [0.15, 0.2) is 11.0 Å². The average Bonchev–Trinajstić information content (AvgIpc) is 3.13. The lowest BCUT2D eigenvalue weighted by Gasteiger charge is -2.10. The van der Waals surface area contributed by atoms with Crippen molar-refractivity contribution in [3.8, 4) is 17.1 Å². The van der Waals surface area contributed by atoms with Gasteiger partial charge < -0.3 is 14.6 Å². The third kappa shape index (κ3) is 4.54. The van der Waals surface area contributed by atoms with E-state index in [1.807, 2.05) is 47.0 Å². The van der Waals surface area contributed by atoms with Crippen molar-refractivity contribution in [1.29, 1.82) is 0 Å². The maximum absolute atomic E-state index is 12.3. The van der Waals surface area contributed by atoms with Crippen LogP contribution < -0.4 is 10.1 Å². The van der Waals surface area contributed by atoms with E-state index in [1.165, 1.54) is 11.8 Å². The normalized spacial score (nSPS) is 10.7. The Morgan fingerprint density at radius 1 is 1.14 bits per heavy atom. The van der Waals surface area contributed by atoms with Gasteiger partial charge in [-0.2, -0.15) is 0 Å². The van der Waals surface area contributed by atoms with Gasteiger partial charge in [-0.25, -0.2) is 0 Å². The van der Waals surface area contributed by atoms with Crippen LogP contribution in [0.4, 0.5) is 0 Å². The molecule has 28 heavy (non-hydrogen) atoms. The Morgan fingerprint density at radius 3 is 2.64 bits per heavy atom. The fourth-order valence-corrected chi connectivity index (χ4v) is 3.76. The molecule has 0 radical (unpaired) electrons. The Hall–Kier alpha value is -2.80. The number of ether oxygens (including phenoxy) is 1. The van der Waals surface area contributed by atoms with Crippen LogP contribution in [-0.4, -0.2) is 33.5 Å². The fourth-order valence-electron chi connectivity index (χ4n) is 2.93. The van der Waals surface area contributed by atoms with E-state index in [4.69, 9.17) is 4.74 Å². The number of methoxy groups -OCH3 is 1. The van der Waals surface area contributed by atoms with Gasteiger partial charge in [0.05, 0.1) is 12.9 Å². The Labute approximate surface area is 169 Å². The monoisotopic (exact) mass is 396 g/mol. The number of rotatable bonds is 8. The number of amides is 1. The van der Waals surface area contributed by atoms with Crippen molar-refractivity contribution in [2.45, 2.75) is 32.1 Å². The van der Waals surface area contributed by atoms with Crippen LogP contribution in [0.1, 0.15) is 18.1 Å². The molecule has 2 aromatic carbocycles. The number of thioether (sulfide) groups is 1. The minimum atomic E-state index is -0.0565. The Balaban J connectivity index is 1.63. The molecule has 0 fully saturated rings. The molecule has 7 heteroatoms. The third-order valence-corrected chi connectivity index (χ3v) is 5.39. The lowest BCUT2D eigenvalue weighted by atomic mass is 10.1. The minimum Gasteiger partial charge on any atom is -0.496 e. The number of carbonyl (C=O) groups excluding carboxylic acids is 1. The van der Waals surface area contributed by atoms with Gasteiger partial charge >= 0.3 is 0 Å². The summed E-state index contributed by atoms with van der Waals surface area (Å²) in [4.78, 5) is 12.3. The average molecular weight is 397 g/mol. The maximum atomic E-state index is 12.3. The van der Waals surface area contributed by atoms with Crippen LogP contribution in [0.25, 0.3) is 11.4 Å². The topological polar surface area (TPSA) is 69.0 Å². The summed E-state index contributed by atoms with van der Waals surface area (Å²) in [6.07, 6.45) is 0. The quantitative estimate of drug-likeness (QED) is 0.588. The number of aromatic nitrogens is 3. The van der Waals surface area contributed by atoms with Crippen LogP contribution in [0, 0.1) is 6.92 Å². The van der Waals surface area contributed by atoms with Gasteiger partial charge in [-0.1, -0.05) is 54.2 Å². The van der Waals surface area contributed by atoms with E-state index < -0.39 is 0 Å². The summed E-state index contributed by atoms with van der Waals surface area (Å²) in [6.45, 7) is 5.28. The lowest BCUT2D eigenvalue weighted by molar-refractivity contribution is -0.118. The fraction of sp³-hybridized carbons (Fsp3) is 0.286. The summed E-state index contributed by atoms with van der Waals surface area (Å²) in [5.41, 5.74) is 3.15. The van der Waals surface area contributed by atoms with Crippen LogP contribution >= 0.6 is 11.8 Å². The number of nitrogens with zero attached hydrogens (tertiary/aromatic N) is 3. The molecular formula is C21H24N4O2S. The van der Waals surface area contributed by atoms with Gasteiger partial charge in [0.25, 0.3) is 0 Å². The van der Waals surface area contributed by atoms with E-state index in [9.17, 15) is 4.79 Å². The summed E-state index contributed by atoms with van der Waals surface area (Å²) in [5, 5.41) is 12.3. The summed E-state index contributed by atoms with van der Waals surface area (Å²) in [7, 11) is 1.63. The zero-order valence-electron chi connectivity index (χ0n) is 16.3. The Kier molecular flexibility index (Phi) is 6.71. The van der Waals surface area contributed by atoms with Crippen molar-refractivity contribution in [3.05, 3.63) is 59.7 Å². The molecule has 1 N–H and O–H groups in total. The van der Waals surface area contributed by atoms with Crippen LogP contribution in [0.2, 0.25) is 0 Å². The predicted octanol–water partition coefficient (Wildman–Crippen LogP) is 3.69. The van der Waals surface area contributed by atoms with E-state index in [-0.39, 0.29) is 11.7 Å². The summed E-state index contributed by atoms with van der Waals surface area (Å²) in [5.74, 6) is 1.82. The molecule has 0 aliphatic heterocycles. The standard InChI is InChI=1S/C21H24N4O2S/c1-4-25-20(17-11-7-5-9-15(17)2)23-24-21(25)28-14-19(26)22-13-16-10-6-8-12-18(16)27-3/h5-12H,4,13-14H2,1-3H3,(H,22,26). The molecule has 3 rings (SSSR count). The van der Waals surface area contributed by atoms with Gasteiger partial charge in [-0.05, 0) is 25.5 Å². The van der Waals surface area contributed by atoms with Crippen molar-refractivity contribution in [1.82, 2.24) is 20.1 Å². The van der Waals surface area contributed by atoms with Gasteiger partial charge in [-0.15, -0.1) is 10.2 Å². The summed E-state index contributed by atoms with van der Waals surface area (Å²) < 4.78 is 7.36. The predicted molar refractivity (Wildman–Crippen MR) is 111 cm³/mol. The first-order chi connectivity index (χ1) is 13.6. The minimum absolute atomic E-state index is 0.0565. The zero-order chi connectivity index (χ0) is 19.9. The number of benzene rings is 2. The molecule has 0 aliphatic carbocycles.